The van der Waals surface area contributed by atoms with Gasteiger partial charge in [0.05, 0.1) is 22.8 Å². The van der Waals surface area contributed by atoms with Gasteiger partial charge in [-0.15, -0.1) is 22.7 Å². The standard InChI is InChI=1S/C64H41N3S2.C7H8O/c1-4-16-44(17-5-1)65(45-18-6-2-7-19-45)47-32-28-42(29-33-47)43-30-34-48(35-31-43)66(50-36-38-52-51-22-12-14-26-58(51)68-60(52)41-50)49-37-39-57-56(40-49)61-53-23-10-11-24-54(53)62-55-25-13-15-27-59(55)69-64(62)63(61)67(57)46-20-8-3-9-21-46;1-8-7-5-3-2-4-6-7/h1-41H;2-6H,1H3. The third-order valence-corrected chi connectivity index (χ3v) is 17.0. The first kappa shape index (κ1) is 46.1. The summed E-state index contributed by atoms with van der Waals surface area (Å²) in [5.74, 6) is 0.910. The van der Waals surface area contributed by atoms with Crippen LogP contribution in [0.4, 0.5) is 34.1 Å². The highest BCUT2D eigenvalue weighted by molar-refractivity contribution is 7.27. The zero-order valence-electron chi connectivity index (χ0n) is 42.1. The van der Waals surface area contributed by atoms with Crippen molar-refractivity contribution in [3.05, 3.63) is 279 Å². The van der Waals surface area contributed by atoms with Crippen LogP contribution in [0.25, 0.3) is 89.7 Å². The van der Waals surface area contributed by atoms with Crippen molar-refractivity contribution in [1.29, 1.82) is 0 Å². The highest BCUT2D eigenvalue weighted by atomic mass is 32.1. The maximum absolute atomic E-state index is 4.91. The Morgan fingerprint density at radius 3 is 1.36 bits per heavy atom. The summed E-state index contributed by atoms with van der Waals surface area (Å²) >= 11 is 3.76. The van der Waals surface area contributed by atoms with Gasteiger partial charge in [0.2, 0.25) is 0 Å². The van der Waals surface area contributed by atoms with Gasteiger partial charge < -0.3 is 19.1 Å². The number of methoxy groups -OCH3 is 1. The van der Waals surface area contributed by atoms with Crippen molar-refractivity contribution in [2.45, 2.75) is 0 Å². The van der Waals surface area contributed by atoms with Gasteiger partial charge >= 0.3 is 0 Å². The van der Waals surface area contributed by atoms with Crippen molar-refractivity contribution in [3.8, 4) is 22.6 Å². The number of hydrogen-bond acceptors (Lipinski definition) is 5. The van der Waals surface area contributed by atoms with Crippen LogP contribution < -0.4 is 14.5 Å². The second kappa shape index (κ2) is 19.7. The Labute approximate surface area is 454 Å². The number of para-hydroxylation sites is 4. The van der Waals surface area contributed by atoms with Crippen LogP contribution in [0.2, 0.25) is 0 Å². The van der Waals surface area contributed by atoms with Gasteiger partial charge in [-0.05, 0) is 137 Å². The van der Waals surface area contributed by atoms with Crippen molar-refractivity contribution in [2.24, 2.45) is 0 Å². The van der Waals surface area contributed by atoms with Gasteiger partial charge in [-0.3, -0.25) is 0 Å². The number of rotatable bonds is 9. The van der Waals surface area contributed by atoms with E-state index in [1.54, 1.807) is 7.11 Å². The summed E-state index contributed by atoms with van der Waals surface area (Å²) in [5, 5.41) is 10.3. The molecular weight excluding hydrogens is 975 g/mol. The molecule has 77 heavy (non-hydrogen) atoms. The van der Waals surface area contributed by atoms with Gasteiger partial charge in [0, 0.05) is 86.2 Å². The molecule has 0 saturated carbocycles. The molecule has 0 spiro atoms. The predicted octanol–water partition coefficient (Wildman–Crippen LogP) is 21.0. The third-order valence-electron chi connectivity index (χ3n) is 14.7. The molecule has 0 fully saturated rings. The second-order valence-corrected chi connectivity index (χ2v) is 21.3. The van der Waals surface area contributed by atoms with Crippen molar-refractivity contribution >= 4 is 130 Å². The largest absolute Gasteiger partial charge is 0.497 e. The molecule has 0 atom stereocenters. The van der Waals surface area contributed by atoms with Crippen LogP contribution in [0.1, 0.15) is 0 Å². The molecular formula is C71H49N3OS2. The summed E-state index contributed by atoms with van der Waals surface area (Å²) in [7, 11) is 1.66. The van der Waals surface area contributed by atoms with Crippen LogP contribution in [-0.4, -0.2) is 11.7 Å². The smallest absolute Gasteiger partial charge is 0.118 e. The van der Waals surface area contributed by atoms with E-state index >= 15 is 0 Å². The van der Waals surface area contributed by atoms with E-state index in [0.29, 0.717) is 0 Å². The fourth-order valence-electron chi connectivity index (χ4n) is 11.2. The minimum atomic E-state index is 0.910. The van der Waals surface area contributed by atoms with E-state index in [4.69, 9.17) is 4.74 Å². The number of aromatic nitrogens is 1. The molecule has 4 nitrogen and oxygen atoms in total. The van der Waals surface area contributed by atoms with E-state index in [9.17, 15) is 0 Å². The molecule has 0 aliphatic rings. The van der Waals surface area contributed by atoms with Crippen molar-refractivity contribution in [2.75, 3.05) is 16.9 Å². The molecule has 15 aromatic rings. The van der Waals surface area contributed by atoms with Crippen LogP contribution in [-0.2, 0) is 0 Å². The van der Waals surface area contributed by atoms with Gasteiger partial charge in [-0.1, -0.05) is 164 Å². The zero-order valence-corrected chi connectivity index (χ0v) is 43.8. The highest BCUT2D eigenvalue weighted by Crippen LogP contribution is 2.50. The van der Waals surface area contributed by atoms with E-state index in [1.165, 1.54) is 78.5 Å². The Hall–Kier alpha value is -9.46. The lowest BCUT2D eigenvalue weighted by Gasteiger charge is -2.26. The van der Waals surface area contributed by atoms with Gasteiger partial charge in [0.1, 0.15) is 5.75 Å². The van der Waals surface area contributed by atoms with Crippen molar-refractivity contribution in [1.82, 2.24) is 4.57 Å². The van der Waals surface area contributed by atoms with Crippen LogP contribution >= 0.6 is 22.7 Å². The SMILES string of the molecule is COc1ccccc1.c1ccc(N(c2ccccc2)c2ccc(-c3ccc(N(c4ccc5c(c4)sc4ccccc45)c4ccc5c(c4)c4c6ccccc6c6c7ccccc7sc6c4n5-c4ccccc4)cc3)cc2)cc1. The molecule has 0 N–H and O–H groups in total. The summed E-state index contributed by atoms with van der Waals surface area (Å²) < 4.78 is 12.6. The molecule has 3 aromatic heterocycles. The molecule has 15 rings (SSSR count). The van der Waals surface area contributed by atoms with Crippen LogP contribution in [0, 0.1) is 0 Å². The molecule has 366 valence electrons. The van der Waals surface area contributed by atoms with Crippen molar-refractivity contribution < 1.29 is 4.74 Å². The fraction of sp³-hybridized carbons (Fsp3) is 0.0141. The summed E-state index contributed by atoms with van der Waals surface area (Å²) in [6, 6.07) is 101. The minimum Gasteiger partial charge on any atom is -0.497 e. The number of anilines is 6. The van der Waals surface area contributed by atoms with Gasteiger partial charge in [-0.25, -0.2) is 0 Å². The number of ether oxygens (including phenoxy) is 1. The lowest BCUT2D eigenvalue weighted by atomic mass is 9.98. The normalized spacial score (nSPS) is 11.4. The van der Waals surface area contributed by atoms with E-state index in [-0.39, 0.29) is 0 Å². The topological polar surface area (TPSA) is 20.6 Å². The van der Waals surface area contributed by atoms with E-state index in [0.717, 1.165) is 51.1 Å². The molecule has 0 amide bonds. The Morgan fingerprint density at radius 2 is 0.766 bits per heavy atom. The highest BCUT2D eigenvalue weighted by Gasteiger charge is 2.24. The van der Waals surface area contributed by atoms with E-state index in [2.05, 4.69) is 263 Å². The third kappa shape index (κ3) is 8.23. The molecule has 0 aliphatic heterocycles. The average Bonchev–Trinajstić information content (AvgIpc) is 4.41. The predicted molar refractivity (Wildman–Crippen MR) is 332 cm³/mol. The maximum atomic E-state index is 4.91. The monoisotopic (exact) mass is 1020 g/mol. The summed E-state index contributed by atoms with van der Waals surface area (Å²) in [6.07, 6.45) is 0. The summed E-state index contributed by atoms with van der Waals surface area (Å²) in [5.41, 5.74) is 12.6. The molecule has 0 unspecified atom stereocenters. The molecule has 6 heteroatoms. The molecule has 12 aromatic carbocycles. The number of fused-ring (bicyclic) bond motifs is 13. The fourth-order valence-corrected chi connectivity index (χ4v) is 13.6. The number of nitrogens with zero attached hydrogens (tertiary/aromatic N) is 3. The second-order valence-electron chi connectivity index (χ2n) is 19.2. The lowest BCUT2D eigenvalue weighted by molar-refractivity contribution is 0.415. The van der Waals surface area contributed by atoms with Crippen LogP contribution in [0.15, 0.2) is 279 Å². The molecule has 0 aliphatic carbocycles. The first-order chi connectivity index (χ1) is 38.2. The number of hydrogen-bond donors (Lipinski definition) is 0. The van der Waals surface area contributed by atoms with Crippen LogP contribution in [0.5, 0.6) is 5.75 Å². The van der Waals surface area contributed by atoms with Gasteiger partial charge in [-0.2, -0.15) is 0 Å². The zero-order chi connectivity index (χ0) is 51.2. The Bertz CT molecular complexity index is 4550. The molecule has 0 bridgehead atoms. The summed E-state index contributed by atoms with van der Waals surface area (Å²) in [4.78, 5) is 4.75. The van der Waals surface area contributed by atoms with E-state index in [1.807, 2.05) is 53.0 Å². The molecule has 3 heterocycles. The molecule has 0 radical (unpaired) electrons. The first-order valence-electron chi connectivity index (χ1n) is 25.9. The Morgan fingerprint density at radius 1 is 0.325 bits per heavy atom. The average molecular weight is 1020 g/mol. The maximum Gasteiger partial charge on any atom is 0.118 e. The Kier molecular flexibility index (Phi) is 11.8. The Balaban J connectivity index is 0.000000622. The number of thiophene rings is 2. The minimum absolute atomic E-state index is 0.910. The first-order valence-corrected chi connectivity index (χ1v) is 27.6. The summed E-state index contributed by atoms with van der Waals surface area (Å²) in [6.45, 7) is 0. The lowest BCUT2D eigenvalue weighted by Crippen LogP contribution is -2.10. The number of benzene rings is 12. The van der Waals surface area contributed by atoms with E-state index < -0.39 is 0 Å². The quantitative estimate of drug-likeness (QED) is 0.144. The van der Waals surface area contributed by atoms with Gasteiger partial charge in [0.25, 0.3) is 0 Å². The molecule has 0 saturated heterocycles. The van der Waals surface area contributed by atoms with Crippen molar-refractivity contribution in [3.63, 3.8) is 0 Å². The van der Waals surface area contributed by atoms with Gasteiger partial charge in [0.15, 0.2) is 0 Å². The van der Waals surface area contributed by atoms with Crippen LogP contribution in [0.3, 0.4) is 0 Å².